The lowest BCUT2D eigenvalue weighted by molar-refractivity contribution is 0.349. The van der Waals surface area contributed by atoms with Gasteiger partial charge >= 0.3 is 0 Å². The number of hydrogen-bond donors (Lipinski definition) is 0. The van der Waals surface area contributed by atoms with Crippen LogP contribution in [0.3, 0.4) is 0 Å². The second-order valence-electron chi connectivity index (χ2n) is 31.5. The lowest BCUT2D eigenvalue weighted by atomic mass is 9.66. The van der Waals surface area contributed by atoms with Crippen molar-refractivity contribution in [2.75, 3.05) is 4.90 Å². The van der Waals surface area contributed by atoms with E-state index in [4.69, 9.17) is 9.47 Å². The van der Waals surface area contributed by atoms with Crippen molar-refractivity contribution in [1.29, 1.82) is 0 Å². The minimum atomic E-state index is -1.96. The lowest BCUT2D eigenvalue weighted by Gasteiger charge is -2.36. The van der Waals surface area contributed by atoms with E-state index in [0.29, 0.717) is 126 Å². The molecule has 0 bridgehead atoms. The molecule has 0 saturated heterocycles. The van der Waals surface area contributed by atoms with Crippen molar-refractivity contribution in [3.05, 3.63) is 451 Å². The van der Waals surface area contributed by atoms with E-state index in [2.05, 4.69) is 83.8 Å². The maximum Gasteiger partial charge on any atom is 0.194 e. The van der Waals surface area contributed by atoms with Crippen LogP contribution in [0.15, 0.2) is 299 Å². The molecule has 3 atom stereocenters. The Morgan fingerprint density at radius 3 is 1.27 bits per heavy atom. The molecule has 0 aliphatic heterocycles. The van der Waals surface area contributed by atoms with Gasteiger partial charge < -0.3 is 14.4 Å². The number of hydrogen-bond acceptors (Lipinski definition) is 3. The fourth-order valence-corrected chi connectivity index (χ4v) is 19.3. The molecule has 0 radical (unpaired) electrons. The highest BCUT2D eigenvalue weighted by Gasteiger charge is 2.57. The number of ether oxygens (including phenoxy) is 2. The average Bonchev–Trinajstić information content (AvgIpc) is 1.61. The summed E-state index contributed by atoms with van der Waals surface area (Å²) in [5.74, 6) is -9.95. The minimum absolute atomic E-state index is 0.0326. The van der Waals surface area contributed by atoms with Gasteiger partial charge in [0.2, 0.25) is 0 Å². The smallest absolute Gasteiger partial charge is 0.194 e. The van der Waals surface area contributed by atoms with Crippen LogP contribution in [-0.4, -0.2) is 0 Å². The first-order valence-electron chi connectivity index (χ1n) is 38.0. The zero-order valence-corrected chi connectivity index (χ0v) is 63.1. The van der Waals surface area contributed by atoms with Gasteiger partial charge in [-0.3, -0.25) is 0 Å². The van der Waals surface area contributed by atoms with Crippen LogP contribution in [0.1, 0.15) is 141 Å². The third-order valence-electron chi connectivity index (χ3n) is 24.0. The van der Waals surface area contributed by atoms with Crippen molar-refractivity contribution in [2.24, 2.45) is 0 Å². The maximum atomic E-state index is 17.8. The molecule has 0 saturated carbocycles. The summed E-state index contributed by atoms with van der Waals surface area (Å²) < 4.78 is 160. The molecule has 12 heteroatoms. The van der Waals surface area contributed by atoms with Crippen LogP contribution in [0.25, 0.3) is 52.1 Å². The Kier molecular flexibility index (Phi) is 17.6. The van der Waals surface area contributed by atoms with E-state index in [9.17, 15) is 0 Å². The van der Waals surface area contributed by atoms with Crippen molar-refractivity contribution in [3.63, 3.8) is 0 Å². The first kappa shape index (κ1) is 73.3. The standard InChI is InChI=1S/C103H72F9NO2/c1-8-60-19-39-73(40-20-60)114-75-43-27-66(28-44-75)102(93-63(10-3)54-91(107)95(109)97(93)111)82-17-13-11-16-78(82)80-48-37-71(55-87(80)102)113(70-35-33-69(105)34-36-70)72-38-50-85-89(56-72)101(59-100(85,6)7)58-99(4,5)84-49-23-62(52-88(84)101)51-81(64-24-31-68(104)32-25-64)65-26-47-79-77-15-12-14-18-83(77)103(86(79)53-65,94-90(106)57-92(108)96(110)98(94)112)67-29-45-76(46-30-67)115-74-41-21-61(9-2)22-42-74/h8-57H,1-3,58-59H2,4-7H3/b81-51-. The Hall–Kier alpha value is -13.2. The van der Waals surface area contributed by atoms with Crippen LogP contribution >= 0.6 is 0 Å². The number of benzene rings is 14. The third kappa shape index (κ3) is 11.6. The van der Waals surface area contributed by atoms with E-state index in [1.54, 1.807) is 97.1 Å². The van der Waals surface area contributed by atoms with Gasteiger partial charge in [-0.15, -0.1) is 0 Å². The molecule has 0 heterocycles. The Morgan fingerprint density at radius 1 is 0.330 bits per heavy atom. The van der Waals surface area contributed by atoms with Crippen LogP contribution in [0.4, 0.5) is 56.6 Å². The topological polar surface area (TPSA) is 21.7 Å². The summed E-state index contributed by atoms with van der Waals surface area (Å²) in [6.45, 7) is 20.8. The predicted molar refractivity (Wildman–Crippen MR) is 441 cm³/mol. The lowest BCUT2D eigenvalue weighted by Crippen LogP contribution is -2.32. The molecule has 564 valence electrons. The van der Waals surface area contributed by atoms with Crippen molar-refractivity contribution < 1.29 is 49.0 Å². The summed E-state index contributed by atoms with van der Waals surface area (Å²) in [6.07, 6.45) is 8.17. The highest BCUT2D eigenvalue weighted by molar-refractivity contribution is 5.96. The first-order valence-corrected chi connectivity index (χ1v) is 38.0. The van der Waals surface area contributed by atoms with Gasteiger partial charge in [-0.05, 0) is 268 Å². The number of rotatable bonds is 17. The molecule has 4 aliphatic carbocycles. The Bertz CT molecular complexity index is 6380. The summed E-state index contributed by atoms with van der Waals surface area (Å²) in [4.78, 5) is 2.04. The summed E-state index contributed by atoms with van der Waals surface area (Å²) in [6, 6.07) is 81.3. The molecule has 3 unspecified atom stereocenters. The summed E-state index contributed by atoms with van der Waals surface area (Å²) in [7, 11) is 0. The van der Waals surface area contributed by atoms with Gasteiger partial charge in [0.05, 0.1) is 10.8 Å². The van der Waals surface area contributed by atoms with Crippen molar-refractivity contribution in [3.8, 4) is 45.3 Å². The Morgan fingerprint density at radius 2 is 0.739 bits per heavy atom. The first-order chi connectivity index (χ1) is 55.5. The molecular weight excluding hydrogens is 1450 g/mol. The fraction of sp³-hybridized carbons (Fsp3) is 0.107. The SMILES string of the molecule is C=Cc1ccc(Oc2ccc(C3(c4c(F)cc(F)c(F)c4F)c4ccccc4-c4ccc(/C(=C\c5ccc6c(c5)C5(CC6(C)C)CC(C)(C)c6ccc(N(c7ccc(F)cc7)c7ccc8c(c7)C(c7ccc(Oc9ccc(C=C)cc9)cc7)(c7c(C=C)cc(F)c(F)c7F)c7ccccc7-8)cc65)c5ccc(F)cc5)cc43)cc2)cc1. The van der Waals surface area contributed by atoms with Gasteiger partial charge in [-0.2, -0.15) is 0 Å². The molecule has 14 aromatic rings. The second kappa shape index (κ2) is 27.6. The molecule has 18 rings (SSSR count). The van der Waals surface area contributed by atoms with E-state index < -0.39 is 85.0 Å². The highest BCUT2D eigenvalue weighted by Crippen LogP contribution is 2.65. The average molecular weight is 1530 g/mol. The van der Waals surface area contributed by atoms with E-state index >= 15 is 39.5 Å². The molecule has 0 amide bonds. The second-order valence-corrected chi connectivity index (χ2v) is 31.5. The normalized spacial score (nSPS) is 17.6. The highest BCUT2D eigenvalue weighted by atomic mass is 19.2. The predicted octanol–water partition coefficient (Wildman–Crippen LogP) is 27.9. The van der Waals surface area contributed by atoms with Crippen molar-refractivity contribution >= 4 is 46.9 Å². The monoisotopic (exact) mass is 1530 g/mol. The third-order valence-corrected chi connectivity index (χ3v) is 24.0. The molecule has 3 nitrogen and oxygen atoms in total. The Balaban J connectivity index is 0.798. The van der Waals surface area contributed by atoms with Gasteiger partial charge in [0.25, 0.3) is 0 Å². The largest absolute Gasteiger partial charge is 0.457 e. The van der Waals surface area contributed by atoms with E-state index in [1.165, 1.54) is 30.3 Å². The molecular formula is C103H72F9NO2. The summed E-state index contributed by atoms with van der Waals surface area (Å²) >= 11 is 0. The quantitative estimate of drug-likeness (QED) is 0.0392. The molecule has 1 spiro atoms. The molecule has 0 N–H and O–H groups in total. The van der Waals surface area contributed by atoms with Gasteiger partial charge in [0.15, 0.2) is 34.9 Å². The van der Waals surface area contributed by atoms with E-state index in [0.717, 1.165) is 50.6 Å². The van der Waals surface area contributed by atoms with Crippen molar-refractivity contribution in [2.45, 2.75) is 67.6 Å². The zero-order chi connectivity index (χ0) is 79.8. The molecule has 14 aromatic carbocycles. The van der Waals surface area contributed by atoms with E-state index in [-0.39, 0.29) is 11.1 Å². The molecule has 0 aromatic heterocycles. The molecule has 115 heavy (non-hydrogen) atoms. The molecule has 4 aliphatic rings. The molecule has 0 fully saturated rings. The summed E-state index contributed by atoms with van der Waals surface area (Å²) in [5, 5.41) is 0. The maximum absolute atomic E-state index is 17.8. The van der Waals surface area contributed by atoms with Crippen LogP contribution in [0.2, 0.25) is 0 Å². The fourth-order valence-electron chi connectivity index (χ4n) is 19.3. The Labute approximate surface area is 661 Å². The van der Waals surface area contributed by atoms with Crippen LogP contribution in [0, 0.1) is 52.4 Å². The van der Waals surface area contributed by atoms with Gasteiger partial charge in [0, 0.05) is 39.7 Å². The number of fused-ring (bicyclic) bond motifs is 10. The minimum Gasteiger partial charge on any atom is -0.457 e. The van der Waals surface area contributed by atoms with Crippen LogP contribution in [-0.2, 0) is 27.1 Å². The van der Waals surface area contributed by atoms with Gasteiger partial charge in [-0.1, -0.05) is 217 Å². The van der Waals surface area contributed by atoms with E-state index in [1.807, 2.05) is 132 Å². The number of nitrogens with zero attached hydrogens (tertiary/aromatic N) is 1. The van der Waals surface area contributed by atoms with Crippen LogP contribution in [0.5, 0.6) is 23.0 Å². The number of anilines is 3. The summed E-state index contributed by atoms with van der Waals surface area (Å²) in [5.41, 5.74) is 9.95. The number of halogens is 9. The zero-order valence-electron chi connectivity index (χ0n) is 63.1. The van der Waals surface area contributed by atoms with Gasteiger partial charge in [-0.25, -0.2) is 39.5 Å². The van der Waals surface area contributed by atoms with Gasteiger partial charge in [0.1, 0.15) is 40.4 Å². The van der Waals surface area contributed by atoms with Crippen LogP contribution < -0.4 is 14.4 Å². The van der Waals surface area contributed by atoms with Crippen molar-refractivity contribution in [1.82, 2.24) is 0 Å².